The molecule has 0 saturated heterocycles. The lowest BCUT2D eigenvalue weighted by Crippen LogP contribution is -2.14. The molecule has 2 aromatic rings. The minimum Gasteiger partial charge on any atom is -0.324 e. The molecule has 19 heavy (non-hydrogen) atoms. The Morgan fingerprint density at radius 1 is 1.11 bits per heavy atom. The monoisotopic (exact) mass is 385 g/mol. The Labute approximate surface area is 129 Å². The molecule has 0 aliphatic rings. The third-order valence-electron chi connectivity index (χ3n) is 2.95. The van der Waals surface area contributed by atoms with Crippen molar-refractivity contribution in [2.45, 2.75) is 19.4 Å². The summed E-state index contributed by atoms with van der Waals surface area (Å²) in [6.45, 7) is 2.02. The van der Waals surface area contributed by atoms with E-state index in [1.54, 1.807) is 6.07 Å². The summed E-state index contributed by atoms with van der Waals surface area (Å²) in [5.74, 6) is -0.225. The highest BCUT2D eigenvalue weighted by Crippen LogP contribution is 2.24. The Hall–Kier alpha value is -0.710. The maximum atomic E-state index is 13.8. The molecule has 2 rings (SSSR count). The van der Waals surface area contributed by atoms with Gasteiger partial charge in [-0.15, -0.1) is 0 Å². The molecular formula is C15H14Br2FN. The average molecular weight is 387 g/mol. The van der Waals surface area contributed by atoms with Crippen molar-refractivity contribution in [3.63, 3.8) is 0 Å². The zero-order valence-corrected chi connectivity index (χ0v) is 13.6. The molecule has 1 nitrogen and oxygen atoms in total. The third-order valence-corrected chi connectivity index (χ3v) is 3.90. The average Bonchev–Trinajstić information content (AvgIpc) is 2.31. The maximum absolute atomic E-state index is 13.8. The molecule has 2 N–H and O–H groups in total. The Kier molecular flexibility index (Phi) is 4.76. The molecule has 0 saturated carbocycles. The van der Waals surface area contributed by atoms with E-state index in [1.807, 2.05) is 31.2 Å². The topological polar surface area (TPSA) is 26.0 Å². The van der Waals surface area contributed by atoms with Crippen LogP contribution in [0.1, 0.15) is 22.7 Å². The molecule has 0 fully saturated rings. The summed E-state index contributed by atoms with van der Waals surface area (Å²) in [7, 11) is 0. The fourth-order valence-electron chi connectivity index (χ4n) is 2.02. The zero-order valence-electron chi connectivity index (χ0n) is 10.5. The van der Waals surface area contributed by atoms with E-state index in [2.05, 4.69) is 31.9 Å². The molecule has 1 atom stereocenters. The standard InChI is InChI=1S/C15H14Br2FN/c1-9-4-11(6-13(17)5-9)15(19)7-10-2-3-12(16)8-14(10)18/h2-6,8,15H,7,19H2,1H3. The van der Waals surface area contributed by atoms with Crippen LogP contribution in [0.3, 0.4) is 0 Å². The fraction of sp³-hybridized carbons (Fsp3) is 0.200. The van der Waals surface area contributed by atoms with Crippen molar-refractivity contribution in [2.24, 2.45) is 5.73 Å². The van der Waals surface area contributed by atoms with Gasteiger partial charge in [0, 0.05) is 15.0 Å². The normalized spacial score (nSPS) is 12.5. The van der Waals surface area contributed by atoms with Crippen molar-refractivity contribution in [1.82, 2.24) is 0 Å². The summed E-state index contributed by atoms with van der Waals surface area (Å²) < 4.78 is 15.5. The first kappa shape index (κ1) is 14.7. The lowest BCUT2D eigenvalue weighted by molar-refractivity contribution is 0.592. The van der Waals surface area contributed by atoms with Gasteiger partial charge in [0.2, 0.25) is 0 Å². The molecule has 2 aromatic carbocycles. The Balaban J connectivity index is 2.22. The molecule has 0 radical (unpaired) electrons. The number of hydrogen-bond donors (Lipinski definition) is 1. The van der Waals surface area contributed by atoms with Crippen molar-refractivity contribution in [2.75, 3.05) is 0 Å². The predicted molar refractivity (Wildman–Crippen MR) is 83.6 cm³/mol. The largest absolute Gasteiger partial charge is 0.324 e. The van der Waals surface area contributed by atoms with Crippen molar-refractivity contribution in [3.8, 4) is 0 Å². The summed E-state index contributed by atoms with van der Waals surface area (Å²) >= 11 is 6.70. The van der Waals surface area contributed by atoms with E-state index < -0.39 is 0 Å². The van der Waals surface area contributed by atoms with Gasteiger partial charge in [0.15, 0.2) is 0 Å². The van der Waals surface area contributed by atoms with Crippen LogP contribution in [0.25, 0.3) is 0 Å². The smallest absolute Gasteiger partial charge is 0.127 e. The summed E-state index contributed by atoms with van der Waals surface area (Å²) in [6.07, 6.45) is 0.481. The second kappa shape index (κ2) is 6.16. The number of hydrogen-bond acceptors (Lipinski definition) is 1. The van der Waals surface area contributed by atoms with Gasteiger partial charge in [-0.2, -0.15) is 0 Å². The number of halogens is 3. The first-order chi connectivity index (χ1) is 8.95. The number of aryl methyl sites for hydroxylation is 1. The van der Waals surface area contributed by atoms with Gasteiger partial charge >= 0.3 is 0 Å². The van der Waals surface area contributed by atoms with Crippen molar-refractivity contribution in [3.05, 3.63) is 67.9 Å². The van der Waals surface area contributed by atoms with E-state index in [9.17, 15) is 4.39 Å². The van der Waals surface area contributed by atoms with E-state index >= 15 is 0 Å². The van der Waals surface area contributed by atoms with E-state index in [4.69, 9.17) is 5.73 Å². The summed E-state index contributed by atoms with van der Waals surface area (Å²) in [5, 5.41) is 0. The minimum atomic E-state index is -0.225. The lowest BCUT2D eigenvalue weighted by atomic mass is 9.98. The Morgan fingerprint density at radius 2 is 1.84 bits per heavy atom. The highest BCUT2D eigenvalue weighted by atomic mass is 79.9. The van der Waals surface area contributed by atoms with Crippen LogP contribution < -0.4 is 5.73 Å². The van der Waals surface area contributed by atoms with Gasteiger partial charge in [-0.25, -0.2) is 4.39 Å². The van der Waals surface area contributed by atoms with E-state index in [1.165, 1.54) is 6.07 Å². The minimum absolute atomic E-state index is 0.216. The molecule has 100 valence electrons. The Bertz CT molecular complexity index is 578. The van der Waals surface area contributed by atoms with Crippen LogP contribution in [0.5, 0.6) is 0 Å². The zero-order chi connectivity index (χ0) is 14.0. The number of benzene rings is 2. The highest BCUT2D eigenvalue weighted by Gasteiger charge is 2.11. The number of rotatable bonds is 3. The first-order valence-electron chi connectivity index (χ1n) is 5.92. The van der Waals surface area contributed by atoms with Gasteiger partial charge < -0.3 is 5.73 Å². The van der Waals surface area contributed by atoms with Crippen LogP contribution in [0.4, 0.5) is 4.39 Å². The molecule has 0 aliphatic heterocycles. The third kappa shape index (κ3) is 3.88. The van der Waals surface area contributed by atoms with E-state index in [0.29, 0.717) is 12.0 Å². The van der Waals surface area contributed by atoms with Crippen LogP contribution in [0.2, 0.25) is 0 Å². The SMILES string of the molecule is Cc1cc(Br)cc(C(N)Cc2ccc(Br)cc2F)c1. The van der Waals surface area contributed by atoms with Gasteiger partial charge in [-0.1, -0.05) is 44.0 Å². The summed E-state index contributed by atoms with van der Waals surface area (Å²) in [5.41, 5.74) is 8.95. The summed E-state index contributed by atoms with van der Waals surface area (Å²) in [6, 6.07) is 10.9. The molecule has 1 unspecified atom stereocenters. The summed E-state index contributed by atoms with van der Waals surface area (Å²) in [4.78, 5) is 0. The van der Waals surface area contributed by atoms with Crippen molar-refractivity contribution < 1.29 is 4.39 Å². The molecule has 4 heteroatoms. The molecule has 0 spiro atoms. The maximum Gasteiger partial charge on any atom is 0.127 e. The first-order valence-corrected chi connectivity index (χ1v) is 7.51. The molecular weight excluding hydrogens is 373 g/mol. The quantitative estimate of drug-likeness (QED) is 0.797. The van der Waals surface area contributed by atoms with Crippen LogP contribution >= 0.6 is 31.9 Å². The second-order valence-electron chi connectivity index (χ2n) is 4.61. The molecule has 0 aromatic heterocycles. The van der Waals surface area contributed by atoms with Gasteiger partial charge in [0.1, 0.15) is 5.82 Å². The van der Waals surface area contributed by atoms with Crippen molar-refractivity contribution in [1.29, 1.82) is 0 Å². The molecule has 0 aliphatic carbocycles. The second-order valence-corrected chi connectivity index (χ2v) is 6.44. The highest BCUT2D eigenvalue weighted by molar-refractivity contribution is 9.10. The van der Waals surface area contributed by atoms with Crippen LogP contribution in [0, 0.1) is 12.7 Å². The van der Waals surface area contributed by atoms with E-state index in [-0.39, 0.29) is 11.9 Å². The van der Waals surface area contributed by atoms with Crippen LogP contribution in [0.15, 0.2) is 45.3 Å². The predicted octanol–water partition coefficient (Wildman–Crippen LogP) is 4.90. The van der Waals surface area contributed by atoms with Gasteiger partial charge in [-0.05, 0) is 54.3 Å². The molecule has 0 amide bonds. The Morgan fingerprint density at radius 3 is 2.47 bits per heavy atom. The lowest BCUT2D eigenvalue weighted by Gasteiger charge is -2.14. The number of nitrogens with two attached hydrogens (primary N) is 1. The van der Waals surface area contributed by atoms with Crippen LogP contribution in [-0.4, -0.2) is 0 Å². The molecule has 0 heterocycles. The fourth-order valence-corrected chi connectivity index (χ4v) is 2.98. The van der Waals surface area contributed by atoms with Crippen molar-refractivity contribution >= 4 is 31.9 Å². The van der Waals surface area contributed by atoms with Gasteiger partial charge in [-0.3, -0.25) is 0 Å². The van der Waals surface area contributed by atoms with Crippen LogP contribution in [-0.2, 0) is 6.42 Å². The van der Waals surface area contributed by atoms with Gasteiger partial charge in [0.05, 0.1) is 0 Å². The van der Waals surface area contributed by atoms with Gasteiger partial charge in [0.25, 0.3) is 0 Å². The molecule has 0 bridgehead atoms. The van der Waals surface area contributed by atoms with E-state index in [0.717, 1.165) is 20.1 Å².